The van der Waals surface area contributed by atoms with Gasteiger partial charge in [-0.1, -0.05) is 19.1 Å². The Balaban J connectivity index is 2.55. The molecule has 1 aromatic heterocycles. The Kier molecular flexibility index (Phi) is 2.75. The summed E-state index contributed by atoms with van der Waals surface area (Å²) in [6, 6.07) is 5.37. The minimum absolute atomic E-state index is 0.146. The number of carbonyl (C=O) groups is 1. The summed E-state index contributed by atoms with van der Waals surface area (Å²) in [5.74, 6) is -1.30. The van der Waals surface area contributed by atoms with Crippen LogP contribution in [0.5, 0.6) is 0 Å². The van der Waals surface area contributed by atoms with Crippen molar-refractivity contribution in [2.24, 2.45) is 13.0 Å². The lowest BCUT2D eigenvalue weighted by molar-refractivity contribution is -0.141. The molecule has 0 saturated carbocycles. The SMILES string of the molecule is CC(Cc1cccc2c(=O)[nH]n(C)c12)C(=O)O. The number of carboxylic acids is 1. The van der Waals surface area contributed by atoms with Gasteiger partial charge >= 0.3 is 5.97 Å². The Bertz CT molecular complexity index is 624. The fourth-order valence-corrected chi connectivity index (χ4v) is 2.02. The number of hydrogen-bond donors (Lipinski definition) is 2. The first-order valence-corrected chi connectivity index (χ1v) is 5.40. The van der Waals surface area contributed by atoms with E-state index < -0.39 is 11.9 Å². The maximum Gasteiger partial charge on any atom is 0.306 e. The van der Waals surface area contributed by atoms with Crippen molar-refractivity contribution in [2.75, 3.05) is 0 Å². The van der Waals surface area contributed by atoms with Gasteiger partial charge in [0, 0.05) is 7.05 Å². The van der Waals surface area contributed by atoms with Crippen molar-refractivity contribution in [3.8, 4) is 0 Å². The van der Waals surface area contributed by atoms with E-state index in [0.717, 1.165) is 11.1 Å². The van der Waals surface area contributed by atoms with Crippen LogP contribution in [0.3, 0.4) is 0 Å². The maximum absolute atomic E-state index is 11.6. The van der Waals surface area contributed by atoms with Gasteiger partial charge in [-0.2, -0.15) is 0 Å². The lowest BCUT2D eigenvalue weighted by Gasteiger charge is -2.08. The molecule has 0 spiro atoms. The van der Waals surface area contributed by atoms with Gasteiger partial charge in [0.1, 0.15) is 0 Å². The molecular weight excluding hydrogens is 220 g/mol. The predicted octanol–water partition coefficient (Wildman–Crippen LogP) is 1.13. The third kappa shape index (κ3) is 1.95. The number of aliphatic carboxylic acids is 1. The van der Waals surface area contributed by atoms with Gasteiger partial charge in [-0.3, -0.25) is 19.4 Å². The van der Waals surface area contributed by atoms with Crippen molar-refractivity contribution >= 4 is 16.9 Å². The molecule has 0 radical (unpaired) electrons. The lowest BCUT2D eigenvalue weighted by atomic mass is 9.99. The molecule has 0 amide bonds. The van der Waals surface area contributed by atoms with Crippen molar-refractivity contribution in [3.05, 3.63) is 34.1 Å². The van der Waals surface area contributed by atoms with Crippen LogP contribution in [0.1, 0.15) is 12.5 Å². The highest BCUT2D eigenvalue weighted by atomic mass is 16.4. The molecular formula is C12H14N2O3. The number of fused-ring (bicyclic) bond motifs is 1. The first kappa shape index (κ1) is 11.4. The molecule has 17 heavy (non-hydrogen) atoms. The minimum Gasteiger partial charge on any atom is -0.481 e. The van der Waals surface area contributed by atoms with Crippen LogP contribution >= 0.6 is 0 Å². The molecule has 0 fully saturated rings. The van der Waals surface area contributed by atoms with Crippen LogP contribution < -0.4 is 5.56 Å². The number of aryl methyl sites for hydroxylation is 1. The largest absolute Gasteiger partial charge is 0.481 e. The van der Waals surface area contributed by atoms with Crippen LogP contribution in [-0.4, -0.2) is 20.9 Å². The van der Waals surface area contributed by atoms with E-state index in [9.17, 15) is 9.59 Å². The second-order valence-electron chi connectivity index (χ2n) is 4.26. The van der Waals surface area contributed by atoms with Crippen LogP contribution in [0.15, 0.2) is 23.0 Å². The van der Waals surface area contributed by atoms with Gasteiger partial charge in [0.15, 0.2) is 0 Å². The number of rotatable bonds is 3. The number of H-pyrrole nitrogens is 1. The minimum atomic E-state index is -0.831. The number of hydrogen-bond acceptors (Lipinski definition) is 2. The topological polar surface area (TPSA) is 75.1 Å². The average Bonchev–Trinajstić information content (AvgIpc) is 2.55. The van der Waals surface area contributed by atoms with E-state index in [2.05, 4.69) is 5.10 Å². The summed E-state index contributed by atoms with van der Waals surface area (Å²) in [6.45, 7) is 1.66. The number of carboxylic acid groups (broad SMARTS) is 1. The van der Waals surface area contributed by atoms with Crippen molar-refractivity contribution < 1.29 is 9.90 Å². The molecule has 2 rings (SSSR count). The third-order valence-electron chi connectivity index (χ3n) is 2.92. The lowest BCUT2D eigenvalue weighted by Crippen LogP contribution is -2.12. The Morgan fingerprint density at radius 3 is 2.88 bits per heavy atom. The molecule has 0 saturated heterocycles. The molecule has 2 aromatic rings. The standard InChI is InChI=1S/C12H14N2O3/c1-7(12(16)17)6-8-4-3-5-9-10(8)14(2)13-11(9)15/h3-5,7H,6H2,1-2H3,(H,13,15)(H,16,17). The quantitative estimate of drug-likeness (QED) is 0.835. The molecule has 1 aromatic carbocycles. The molecule has 90 valence electrons. The number of aromatic amines is 1. The molecule has 0 aliphatic rings. The van der Waals surface area contributed by atoms with Crippen molar-refractivity contribution in [1.29, 1.82) is 0 Å². The smallest absolute Gasteiger partial charge is 0.306 e. The van der Waals surface area contributed by atoms with Crippen molar-refractivity contribution in [3.63, 3.8) is 0 Å². The first-order valence-electron chi connectivity index (χ1n) is 5.40. The molecule has 5 nitrogen and oxygen atoms in total. The second-order valence-corrected chi connectivity index (χ2v) is 4.26. The van der Waals surface area contributed by atoms with Gasteiger partial charge in [0.25, 0.3) is 5.56 Å². The molecule has 0 aliphatic carbocycles. The zero-order valence-electron chi connectivity index (χ0n) is 9.73. The Morgan fingerprint density at radius 2 is 2.24 bits per heavy atom. The monoisotopic (exact) mass is 234 g/mol. The van der Waals surface area contributed by atoms with Crippen molar-refractivity contribution in [1.82, 2.24) is 9.78 Å². The summed E-state index contributed by atoms with van der Waals surface area (Å²) < 4.78 is 1.64. The van der Waals surface area contributed by atoms with E-state index in [1.807, 2.05) is 6.07 Å². The van der Waals surface area contributed by atoms with Gasteiger partial charge in [0.2, 0.25) is 0 Å². The van der Waals surface area contributed by atoms with E-state index in [1.165, 1.54) is 0 Å². The molecule has 2 N–H and O–H groups in total. The number of aromatic nitrogens is 2. The van der Waals surface area contributed by atoms with Gasteiger partial charge < -0.3 is 5.11 Å². The predicted molar refractivity (Wildman–Crippen MR) is 64.0 cm³/mol. The average molecular weight is 234 g/mol. The molecule has 1 unspecified atom stereocenters. The highest BCUT2D eigenvalue weighted by molar-refractivity contribution is 5.82. The molecule has 1 atom stereocenters. The Labute approximate surface area is 97.7 Å². The fourth-order valence-electron chi connectivity index (χ4n) is 2.02. The number of nitrogens with one attached hydrogen (secondary N) is 1. The molecule has 0 aliphatic heterocycles. The second kappa shape index (κ2) is 4.08. The Hall–Kier alpha value is -2.04. The third-order valence-corrected chi connectivity index (χ3v) is 2.92. The van der Waals surface area contributed by atoms with Gasteiger partial charge in [-0.25, -0.2) is 0 Å². The number of para-hydroxylation sites is 1. The van der Waals surface area contributed by atoms with E-state index in [4.69, 9.17) is 5.11 Å². The van der Waals surface area contributed by atoms with Crippen LogP contribution in [0.2, 0.25) is 0 Å². The summed E-state index contributed by atoms with van der Waals surface area (Å²) >= 11 is 0. The van der Waals surface area contributed by atoms with Crippen LogP contribution in [-0.2, 0) is 18.3 Å². The van der Waals surface area contributed by atoms with Crippen LogP contribution in [0, 0.1) is 5.92 Å². The summed E-state index contributed by atoms with van der Waals surface area (Å²) in [6.07, 6.45) is 0.414. The summed E-state index contributed by atoms with van der Waals surface area (Å²) in [5.41, 5.74) is 1.51. The highest BCUT2D eigenvalue weighted by Crippen LogP contribution is 2.18. The number of benzene rings is 1. The van der Waals surface area contributed by atoms with Crippen LogP contribution in [0.4, 0.5) is 0 Å². The zero-order valence-corrected chi connectivity index (χ0v) is 9.73. The molecule has 5 heteroatoms. The molecule has 1 heterocycles. The van der Waals surface area contributed by atoms with E-state index >= 15 is 0 Å². The maximum atomic E-state index is 11.6. The fraction of sp³-hybridized carbons (Fsp3) is 0.333. The Morgan fingerprint density at radius 1 is 1.53 bits per heavy atom. The van der Waals surface area contributed by atoms with E-state index in [0.29, 0.717) is 11.8 Å². The summed E-state index contributed by atoms with van der Waals surface area (Å²) in [4.78, 5) is 22.4. The van der Waals surface area contributed by atoms with Crippen molar-refractivity contribution in [2.45, 2.75) is 13.3 Å². The zero-order chi connectivity index (χ0) is 12.6. The summed E-state index contributed by atoms with van der Waals surface area (Å²) in [5, 5.41) is 12.2. The van der Waals surface area contributed by atoms with E-state index in [1.54, 1.807) is 30.8 Å². The highest BCUT2D eigenvalue weighted by Gasteiger charge is 2.15. The van der Waals surface area contributed by atoms with E-state index in [-0.39, 0.29) is 5.56 Å². The number of nitrogens with zero attached hydrogens (tertiary/aromatic N) is 1. The van der Waals surface area contributed by atoms with Gasteiger partial charge in [-0.15, -0.1) is 0 Å². The summed E-state index contributed by atoms with van der Waals surface area (Å²) in [7, 11) is 1.75. The first-order chi connectivity index (χ1) is 8.00. The van der Waals surface area contributed by atoms with Crippen LogP contribution in [0.25, 0.3) is 10.9 Å². The molecule has 0 bridgehead atoms. The van der Waals surface area contributed by atoms with Gasteiger partial charge in [-0.05, 0) is 18.1 Å². The van der Waals surface area contributed by atoms with Gasteiger partial charge in [0.05, 0.1) is 16.8 Å². The normalized spacial score (nSPS) is 12.8.